The highest BCUT2D eigenvalue weighted by Crippen LogP contribution is 2.34. The Labute approximate surface area is 145 Å². The van der Waals surface area contributed by atoms with Crippen LogP contribution in [0, 0.1) is 10.1 Å². The van der Waals surface area contributed by atoms with Gasteiger partial charge in [-0.25, -0.2) is 0 Å². The minimum absolute atomic E-state index is 0.00119. The fourth-order valence-corrected chi connectivity index (χ4v) is 3.35. The van der Waals surface area contributed by atoms with Gasteiger partial charge in [-0.1, -0.05) is 15.9 Å². The Bertz CT molecular complexity index is 684. The van der Waals surface area contributed by atoms with Crippen LogP contribution in [0.1, 0.15) is 5.56 Å². The number of phenols is 1. The van der Waals surface area contributed by atoms with E-state index in [-0.39, 0.29) is 11.4 Å². The fraction of sp³-hybridized carbons (Fsp3) is 0.0769. The number of benzene rings is 2. The molecule has 0 fully saturated rings. The van der Waals surface area contributed by atoms with Gasteiger partial charge in [0.15, 0.2) is 0 Å². The third-order valence-electron chi connectivity index (χ3n) is 2.72. The molecule has 0 aromatic heterocycles. The summed E-state index contributed by atoms with van der Waals surface area (Å²) in [6, 6.07) is 8.32. The van der Waals surface area contributed by atoms with Gasteiger partial charge in [0.05, 0.1) is 13.9 Å². The first-order valence-electron chi connectivity index (χ1n) is 5.73. The van der Waals surface area contributed by atoms with Crippen LogP contribution in [-0.2, 0) is 6.54 Å². The van der Waals surface area contributed by atoms with Crippen molar-refractivity contribution in [3.05, 3.63) is 59.4 Å². The van der Waals surface area contributed by atoms with Crippen molar-refractivity contribution in [2.45, 2.75) is 6.54 Å². The van der Waals surface area contributed by atoms with Gasteiger partial charge in [0.25, 0.3) is 5.69 Å². The van der Waals surface area contributed by atoms with Gasteiger partial charge < -0.3 is 10.4 Å². The van der Waals surface area contributed by atoms with Gasteiger partial charge in [-0.3, -0.25) is 10.1 Å². The Morgan fingerprint density at radius 3 is 2.33 bits per heavy atom. The molecule has 0 saturated heterocycles. The number of hydrogen-bond acceptors (Lipinski definition) is 4. The van der Waals surface area contributed by atoms with Crippen LogP contribution in [0.5, 0.6) is 5.75 Å². The van der Waals surface area contributed by atoms with E-state index in [9.17, 15) is 15.2 Å². The quantitative estimate of drug-likeness (QED) is 0.466. The van der Waals surface area contributed by atoms with Crippen LogP contribution in [-0.4, -0.2) is 10.0 Å². The summed E-state index contributed by atoms with van der Waals surface area (Å²) >= 11 is 9.71. The number of phenolic OH excluding ortho intramolecular Hbond substituents is 1. The lowest BCUT2D eigenvalue weighted by atomic mass is 10.2. The van der Waals surface area contributed by atoms with Crippen molar-refractivity contribution in [1.82, 2.24) is 0 Å². The second kappa shape index (κ2) is 6.76. The SMILES string of the molecule is O=[N+]([O-])c1cc(Br)ccc1NCc1cc(Br)c(O)c(Br)c1. The molecule has 0 amide bonds. The molecule has 2 N–H and O–H groups in total. The average molecular weight is 481 g/mol. The average Bonchev–Trinajstić information content (AvgIpc) is 2.43. The van der Waals surface area contributed by atoms with Gasteiger partial charge in [-0.15, -0.1) is 0 Å². The molecule has 2 rings (SSSR count). The smallest absolute Gasteiger partial charge is 0.293 e. The van der Waals surface area contributed by atoms with Crippen LogP contribution in [0.3, 0.4) is 0 Å². The largest absolute Gasteiger partial charge is 0.506 e. The minimum Gasteiger partial charge on any atom is -0.506 e. The van der Waals surface area contributed by atoms with Crippen LogP contribution in [0.25, 0.3) is 0 Å². The second-order valence-electron chi connectivity index (χ2n) is 4.18. The van der Waals surface area contributed by atoms with Crippen molar-refractivity contribution in [1.29, 1.82) is 0 Å². The van der Waals surface area contributed by atoms with Crippen molar-refractivity contribution in [3.8, 4) is 5.75 Å². The third-order valence-corrected chi connectivity index (χ3v) is 4.42. The molecule has 0 aliphatic heterocycles. The summed E-state index contributed by atoms with van der Waals surface area (Å²) in [6.07, 6.45) is 0. The van der Waals surface area contributed by atoms with Crippen molar-refractivity contribution in [3.63, 3.8) is 0 Å². The topological polar surface area (TPSA) is 75.4 Å². The first-order chi connectivity index (χ1) is 9.88. The summed E-state index contributed by atoms with van der Waals surface area (Å²) in [6.45, 7) is 0.389. The van der Waals surface area contributed by atoms with Crippen molar-refractivity contribution in [2.75, 3.05) is 5.32 Å². The molecule has 8 heteroatoms. The van der Waals surface area contributed by atoms with E-state index >= 15 is 0 Å². The van der Waals surface area contributed by atoms with Crippen molar-refractivity contribution < 1.29 is 10.0 Å². The number of nitro benzene ring substituents is 1. The van der Waals surface area contributed by atoms with Gasteiger partial charge in [0, 0.05) is 17.1 Å². The standard InChI is InChI=1S/C13H9Br3N2O3/c14-8-1-2-11(12(5-8)18(20)21)17-6-7-3-9(15)13(19)10(16)4-7/h1-5,17,19H,6H2. The first-order valence-corrected chi connectivity index (χ1v) is 8.11. The lowest BCUT2D eigenvalue weighted by Crippen LogP contribution is -2.02. The molecule has 2 aromatic carbocycles. The van der Waals surface area contributed by atoms with Crippen LogP contribution in [0.4, 0.5) is 11.4 Å². The Hall–Kier alpha value is -1.12. The lowest BCUT2D eigenvalue weighted by molar-refractivity contribution is -0.384. The predicted molar refractivity (Wildman–Crippen MR) is 91.6 cm³/mol. The maximum atomic E-state index is 11.0. The van der Waals surface area contributed by atoms with Gasteiger partial charge in [-0.2, -0.15) is 0 Å². The molecule has 0 aliphatic carbocycles. The molecular formula is C13H9Br3N2O3. The summed E-state index contributed by atoms with van der Waals surface area (Å²) in [4.78, 5) is 10.6. The van der Waals surface area contributed by atoms with Gasteiger partial charge in [0.1, 0.15) is 11.4 Å². The van der Waals surface area contributed by atoms with E-state index in [1.165, 1.54) is 6.07 Å². The zero-order valence-electron chi connectivity index (χ0n) is 10.4. The Kier molecular flexibility index (Phi) is 5.23. The summed E-state index contributed by atoms with van der Waals surface area (Å²) in [5.74, 6) is 0.119. The van der Waals surface area contributed by atoms with E-state index in [0.717, 1.165) is 5.56 Å². The summed E-state index contributed by atoms with van der Waals surface area (Å²) in [5, 5.41) is 23.7. The maximum Gasteiger partial charge on any atom is 0.293 e. The summed E-state index contributed by atoms with van der Waals surface area (Å²) < 4.78 is 1.76. The number of aromatic hydroxyl groups is 1. The third kappa shape index (κ3) is 3.96. The van der Waals surface area contributed by atoms with E-state index in [2.05, 4.69) is 53.1 Å². The molecule has 2 aromatic rings. The van der Waals surface area contributed by atoms with Gasteiger partial charge in [0.2, 0.25) is 0 Å². The van der Waals surface area contributed by atoms with Crippen LogP contribution in [0.15, 0.2) is 43.7 Å². The highest BCUT2D eigenvalue weighted by Gasteiger charge is 2.14. The Balaban J connectivity index is 2.22. The summed E-state index contributed by atoms with van der Waals surface area (Å²) in [5.41, 5.74) is 1.30. The zero-order valence-corrected chi connectivity index (χ0v) is 15.2. The maximum absolute atomic E-state index is 11.0. The van der Waals surface area contributed by atoms with Crippen molar-refractivity contribution >= 4 is 59.2 Å². The number of rotatable bonds is 4. The monoisotopic (exact) mass is 478 g/mol. The highest BCUT2D eigenvalue weighted by molar-refractivity contribution is 9.11. The molecule has 0 aliphatic rings. The number of anilines is 1. The number of nitrogens with one attached hydrogen (secondary N) is 1. The van der Waals surface area contributed by atoms with Crippen molar-refractivity contribution in [2.24, 2.45) is 0 Å². The van der Waals surface area contributed by atoms with E-state index in [4.69, 9.17) is 0 Å². The number of nitrogens with zero attached hydrogens (tertiary/aromatic N) is 1. The number of nitro groups is 1. The molecule has 0 radical (unpaired) electrons. The molecule has 0 saturated carbocycles. The minimum atomic E-state index is -0.435. The second-order valence-corrected chi connectivity index (χ2v) is 6.80. The van der Waals surface area contributed by atoms with Crippen LogP contribution < -0.4 is 5.32 Å². The molecule has 0 bridgehead atoms. The fourth-order valence-electron chi connectivity index (χ4n) is 1.72. The molecule has 0 unspecified atom stereocenters. The van der Waals surface area contributed by atoms with Crippen LogP contribution >= 0.6 is 47.8 Å². The van der Waals surface area contributed by atoms with Gasteiger partial charge >= 0.3 is 0 Å². The van der Waals surface area contributed by atoms with E-state index in [1.54, 1.807) is 24.3 Å². The van der Waals surface area contributed by atoms with Crippen LogP contribution in [0.2, 0.25) is 0 Å². The molecular weight excluding hydrogens is 472 g/mol. The molecule has 0 atom stereocenters. The normalized spacial score (nSPS) is 10.4. The highest BCUT2D eigenvalue weighted by atomic mass is 79.9. The number of hydrogen-bond donors (Lipinski definition) is 2. The van der Waals surface area contributed by atoms with Gasteiger partial charge in [-0.05, 0) is 61.7 Å². The lowest BCUT2D eigenvalue weighted by Gasteiger charge is -2.09. The molecule has 110 valence electrons. The molecule has 21 heavy (non-hydrogen) atoms. The summed E-state index contributed by atoms with van der Waals surface area (Å²) in [7, 11) is 0. The van der Waals surface area contributed by atoms with E-state index < -0.39 is 4.92 Å². The zero-order chi connectivity index (χ0) is 15.6. The molecule has 5 nitrogen and oxygen atoms in total. The molecule has 0 spiro atoms. The first kappa shape index (κ1) is 16.3. The van der Waals surface area contributed by atoms with E-state index in [0.29, 0.717) is 25.7 Å². The van der Waals surface area contributed by atoms with E-state index in [1.807, 2.05) is 0 Å². The number of halogens is 3. The Morgan fingerprint density at radius 1 is 1.14 bits per heavy atom. The molecule has 0 heterocycles. The predicted octanol–water partition coefficient (Wildman–Crippen LogP) is 5.20. The Morgan fingerprint density at radius 2 is 1.76 bits per heavy atom.